The molecule has 1 aromatic carbocycles. The first kappa shape index (κ1) is 16.8. The van der Waals surface area contributed by atoms with Gasteiger partial charge in [-0.25, -0.2) is 0 Å². The highest BCUT2D eigenvalue weighted by atomic mass is 32.1. The van der Waals surface area contributed by atoms with Crippen LogP contribution in [0.1, 0.15) is 10.4 Å². The van der Waals surface area contributed by atoms with Crippen LogP contribution in [0.5, 0.6) is 11.5 Å². The van der Waals surface area contributed by atoms with Crippen molar-refractivity contribution in [3.8, 4) is 11.5 Å². The molecule has 2 aromatic rings. The Morgan fingerprint density at radius 2 is 2.00 bits per heavy atom. The van der Waals surface area contributed by atoms with Gasteiger partial charge < -0.3 is 14.4 Å². The first-order valence-electron chi connectivity index (χ1n) is 8.05. The van der Waals surface area contributed by atoms with Crippen molar-refractivity contribution >= 4 is 17.6 Å². The summed E-state index contributed by atoms with van der Waals surface area (Å²) in [5.74, 6) is 1.48. The average molecular weight is 345 g/mol. The van der Waals surface area contributed by atoms with Gasteiger partial charge in [-0.3, -0.25) is 5.01 Å². The number of hydrazone groups is 1. The molecular weight excluding hydrogens is 322 g/mol. The van der Waals surface area contributed by atoms with Crippen LogP contribution in [-0.2, 0) is 6.61 Å². The summed E-state index contributed by atoms with van der Waals surface area (Å²) in [5.41, 5.74) is 1.01. The zero-order valence-corrected chi connectivity index (χ0v) is 15.0. The quantitative estimate of drug-likeness (QED) is 0.755. The molecule has 0 spiro atoms. The van der Waals surface area contributed by atoms with Crippen molar-refractivity contribution in [3.05, 3.63) is 46.2 Å². The van der Waals surface area contributed by atoms with Crippen LogP contribution >= 0.6 is 11.3 Å². The van der Waals surface area contributed by atoms with Crippen molar-refractivity contribution in [2.45, 2.75) is 6.61 Å². The van der Waals surface area contributed by atoms with Crippen LogP contribution in [-0.4, -0.2) is 56.5 Å². The molecule has 3 rings (SSSR count). The predicted molar refractivity (Wildman–Crippen MR) is 98.3 cm³/mol. The minimum atomic E-state index is 0.558. The van der Waals surface area contributed by atoms with E-state index in [1.165, 1.54) is 4.88 Å². The van der Waals surface area contributed by atoms with Crippen molar-refractivity contribution in [3.63, 3.8) is 0 Å². The highest BCUT2D eigenvalue weighted by Crippen LogP contribution is 2.28. The summed E-state index contributed by atoms with van der Waals surface area (Å²) < 4.78 is 11.3. The van der Waals surface area contributed by atoms with Gasteiger partial charge in [0.2, 0.25) is 0 Å². The molecule has 0 radical (unpaired) electrons. The molecule has 24 heavy (non-hydrogen) atoms. The highest BCUT2D eigenvalue weighted by molar-refractivity contribution is 7.09. The predicted octanol–water partition coefficient (Wildman–Crippen LogP) is 2.92. The minimum absolute atomic E-state index is 0.558. The van der Waals surface area contributed by atoms with Crippen LogP contribution in [0.15, 0.2) is 40.8 Å². The van der Waals surface area contributed by atoms with Crippen LogP contribution in [0.2, 0.25) is 0 Å². The first-order chi connectivity index (χ1) is 11.7. The standard InChI is InChI=1S/C18H23N3O2S/c1-20-7-9-21(10-8-20)19-13-15-5-6-17(18(12-15)22-2)23-14-16-4-3-11-24-16/h3-6,11-13H,7-10,14H2,1-2H3/b19-13-. The van der Waals surface area contributed by atoms with Gasteiger partial charge >= 0.3 is 0 Å². The van der Waals surface area contributed by atoms with Crippen LogP contribution in [0.4, 0.5) is 0 Å². The maximum Gasteiger partial charge on any atom is 0.161 e. The van der Waals surface area contributed by atoms with Crippen molar-refractivity contribution in [1.82, 2.24) is 9.91 Å². The van der Waals surface area contributed by atoms with Gasteiger partial charge in [0.15, 0.2) is 11.5 Å². The number of rotatable bonds is 6. The van der Waals surface area contributed by atoms with Gasteiger partial charge in [-0.05, 0) is 42.3 Å². The molecule has 1 aromatic heterocycles. The van der Waals surface area contributed by atoms with E-state index in [0.29, 0.717) is 6.61 Å². The molecule has 5 nitrogen and oxygen atoms in total. The Kier molecular flexibility index (Phi) is 5.72. The van der Waals surface area contributed by atoms with Crippen molar-refractivity contribution in [1.29, 1.82) is 0 Å². The summed E-state index contributed by atoms with van der Waals surface area (Å²) in [5, 5.41) is 8.72. The SMILES string of the molecule is COc1cc(/C=N\N2CCN(C)CC2)ccc1OCc1cccs1. The molecule has 0 amide bonds. The molecule has 1 fully saturated rings. The molecule has 0 aliphatic carbocycles. The van der Waals surface area contributed by atoms with E-state index in [9.17, 15) is 0 Å². The molecule has 2 heterocycles. The summed E-state index contributed by atoms with van der Waals surface area (Å²) in [6, 6.07) is 10.00. The van der Waals surface area contributed by atoms with E-state index >= 15 is 0 Å². The van der Waals surface area contributed by atoms with E-state index in [1.54, 1.807) is 18.4 Å². The Bertz CT molecular complexity index is 665. The summed E-state index contributed by atoms with van der Waals surface area (Å²) in [6.07, 6.45) is 1.89. The number of ether oxygens (including phenoxy) is 2. The van der Waals surface area contributed by atoms with E-state index in [1.807, 2.05) is 35.9 Å². The lowest BCUT2D eigenvalue weighted by molar-refractivity contribution is 0.159. The van der Waals surface area contributed by atoms with Gasteiger partial charge in [-0.15, -0.1) is 11.3 Å². The molecule has 0 atom stereocenters. The zero-order chi connectivity index (χ0) is 16.8. The number of hydrogen-bond acceptors (Lipinski definition) is 6. The van der Waals surface area contributed by atoms with E-state index in [2.05, 4.69) is 28.1 Å². The van der Waals surface area contributed by atoms with Crippen molar-refractivity contribution in [2.24, 2.45) is 5.10 Å². The third kappa shape index (κ3) is 4.49. The monoisotopic (exact) mass is 345 g/mol. The average Bonchev–Trinajstić information content (AvgIpc) is 3.13. The maximum absolute atomic E-state index is 5.86. The first-order valence-corrected chi connectivity index (χ1v) is 8.93. The van der Waals surface area contributed by atoms with Crippen molar-refractivity contribution < 1.29 is 9.47 Å². The molecule has 0 bridgehead atoms. The van der Waals surface area contributed by atoms with Gasteiger partial charge in [0.1, 0.15) is 6.61 Å². The van der Waals surface area contributed by atoms with Gasteiger partial charge in [0.05, 0.1) is 13.3 Å². The number of benzene rings is 1. The lowest BCUT2D eigenvalue weighted by Crippen LogP contribution is -2.41. The molecule has 6 heteroatoms. The second-order valence-electron chi connectivity index (χ2n) is 5.78. The summed E-state index contributed by atoms with van der Waals surface area (Å²) in [7, 11) is 3.80. The fourth-order valence-electron chi connectivity index (χ4n) is 2.49. The number of hydrogen-bond donors (Lipinski definition) is 0. The molecule has 1 aliphatic heterocycles. The Balaban J connectivity index is 1.62. The Morgan fingerprint density at radius 1 is 1.17 bits per heavy atom. The summed E-state index contributed by atoms with van der Waals surface area (Å²) in [6.45, 7) is 4.59. The lowest BCUT2D eigenvalue weighted by atomic mass is 10.2. The largest absolute Gasteiger partial charge is 0.493 e. The van der Waals surface area contributed by atoms with E-state index in [0.717, 1.165) is 43.2 Å². The van der Waals surface area contributed by atoms with E-state index in [4.69, 9.17) is 9.47 Å². The molecule has 0 unspecified atom stereocenters. The minimum Gasteiger partial charge on any atom is -0.493 e. The number of thiophene rings is 1. The second kappa shape index (κ2) is 8.17. The third-order valence-electron chi connectivity index (χ3n) is 3.99. The fraction of sp³-hybridized carbons (Fsp3) is 0.389. The Labute approximate surface area is 147 Å². The maximum atomic E-state index is 5.86. The van der Waals surface area contributed by atoms with Crippen molar-refractivity contribution in [2.75, 3.05) is 40.3 Å². The van der Waals surface area contributed by atoms with Crippen LogP contribution < -0.4 is 9.47 Å². The molecular formula is C18H23N3O2S. The topological polar surface area (TPSA) is 37.3 Å². The number of piperazine rings is 1. The van der Waals surface area contributed by atoms with Crippen LogP contribution in [0.3, 0.4) is 0 Å². The normalized spacial score (nSPS) is 15.8. The smallest absolute Gasteiger partial charge is 0.161 e. The number of likely N-dealkylation sites (N-methyl/N-ethyl adjacent to an activating group) is 1. The highest BCUT2D eigenvalue weighted by Gasteiger charge is 2.11. The Hall–Kier alpha value is -2.05. The Morgan fingerprint density at radius 3 is 2.71 bits per heavy atom. The third-order valence-corrected chi connectivity index (χ3v) is 4.84. The zero-order valence-electron chi connectivity index (χ0n) is 14.1. The fourth-order valence-corrected chi connectivity index (χ4v) is 3.10. The second-order valence-corrected chi connectivity index (χ2v) is 6.81. The lowest BCUT2D eigenvalue weighted by Gasteiger charge is -2.30. The summed E-state index contributed by atoms with van der Waals surface area (Å²) >= 11 is 1.69. The molecule has 1 saturated heterocycles. The van der Waals surface area contributed by atoms with Crippen LogP contribution in [0.25, 0.3) is 0 Å². The van der Waals surface area contributed by atoms with Gasteiger partial charge in [0, 0.05) is 31.1 Å². The summed E-state index contributed by atoms with van der Waals surface area (Å²) in [4.78, 5) is 3.51. The van der Waals surface area contributed by atoms with E-state index in [-0.39, 0.29) is 0 Å². The van der Waals surface area contributed by atoms with Gasteiger partial charge in [-0.2, -0.15) is 5.10 Å². The molecule has 0 N–H and O–H groups in total. The molecule has 1 aliphatic rings. The van der Waals surface area contributed by atoms with Crippen LogP contribution in [0, 0.1) is 0 Å². The van der Waals surface area contributed by atoms with E-state index < -0.39 is 0 Å². The van der Waals surface area contributed by atoms with Gasteiger partial charge in [0.25, 0.3) is 0 Å². The number of nitrogens with zero attached hydrogens (tertiary/aromatic N) is 3. The van der Waals surface area contributed by atoms with Gasteiger partial charge in [-0.1, -0.05) is 6.07 Å². The molecule has 0 saturated carbocycles. The molecule has 128 valence electrons. The number of methoxy groups -OCH3 is 1.